The SMILES string of the molecule is CC[C@H](C)C(=O)c1ccccn1. The van der Waals surface area contributed by atoms with Crippen LogP contribution < -0.4 is 0 Å². The van der Waals surface area contributed by atoms with Crippen molar-refractivity contribution in [3.05, 3.63) is 30.1 Å². The summed E-state index contributed by atoms with van der Waals surface area (Å²) in [5.41, 5.74) is 0.576. The first-order valence-electron chi connectivity index (χ1n) is 4.21. The maximum Gasteiger partial charge on any atom is 0.183 e. The highest BCUT2D eigenvalue weighted by Crippen LogP contribution is 2.08. The Morgan fingerprint density at radius 3 is 2.83 bits per heavy atom. The van der Waals surface area contributed by atoms with Crippen LogP contribution in [0.5, 0.6) is 0 Å². The van der Waals surface area contributed by atoms with Crippen LogP contribution in [0.25, 0.3) is 0 Å². The average Bonchev–Trinajstić information content (AvgIpc) is 2.17. The largest absolute Gasteiger partial charge is 0.292 e. The van der Waals surface area contributed by atoms with Gasteiger partial charge in [0.2, 0.25) is 0 Å². The molecule has 1 aromatic rings. The zero-order chi connectivity index (χ0) is 8.97. The summed E-state index contributed by atoms with van der Waals surface area (Å²) in [6.45, 7) is 3.93. The number of hydrogen-bond donors (Lipinski definition) is 0. The van der Waals surface area contributed by atoms with E-state index in [4.69, 9.17) is 0 Å². The van der Waals surface area contributed by atoms with Crippen LogP contribution in [0.3, 0.4) is 0 Å². The second kappa shape index (κ2) is 4.00. The average molecular weight is 163 g/mol. The summed E-state index contributed by atoms with van der Waals surface area (Å²) in [6, 6.07) is 5.41. The predicted octanol–water partition coefficient (Wildman–Crippen LogP) is 2.31. The molecule has 0 aliphatic carbocycles. The van der Waals surface area contributed by atoms with E-state index in [2.05, 4.69) is 4.98 Å². The number of carbonyl (C=O) groups excluding carboxylic acids is 1. The zero-order valence-electron chi connectivity index (χ0n) is 7.45. The van der Waals surface area contributed by atoms with E-state index in [0.717, 1.165) is 6.42 Å². The highest BCUT2D eigenvalue weighted by atomic mass is 16.1. The van der Waals surface area contributed by atoms with Gasteiger partial charge in [-0.05, 0) is 18.6 Å². The highest BCUT2D eigenvalue weighted by Gasteiger charge is 2.13. The highest BCUT2D eigenvalue weighted by molar-refractivity contribution is 5.95. The van der Waals surface area contributed by atoms with Gasteiger partial charge in [-0.25, -0.2) is 0 Å². The summed E-state index contributed by atoms with van der Waals surface area (Å²) in [5, 5.41) is 0. The first kappa shape index (κ1) is 8.91. The van der Waals surface area contributed by atoms with E-state index in [0.29, 0.717) is 5.69 Å². The molecule has 1 aromatic heterocycles. The Balaban J connectivity index is 2.79. The minimum absolute atomic E-state index is 0.0832. The Kier molecular flexibility index (Phi) is 2.97. The van der Waals surface area contributed by atoms with Crippen molar-refractivity contribution in [2.45, 2.75) is 20.3 Å². The minimum Gasteiger partial charge on any atom is -0.292 e. The molecule has 0 bridgehead atoms. The summed E-state index contributed by atoms with van der Waals surface area (Å²) in [4.78, 5) is 15.5. The fraction of sp³-hybridized carbons (Fsp3) is 0.400. The lowest BCUT2D eigenvalue weighted by molar-refractivity contribution is 0.0922. The molecule has 0 unspecified atom stereocenters. The summed E-state index contributed by atoms with van der Waals surface area (Å²) in [7, 11) is 0. The Labute approximate surface area is 72.6 Å². The van der Waals surface area contributed by atoms with E-state index in [9.17, 15) is 4.79 Å². The van der Waals surface area contributed by atoms with Gasteiger partial charge < -0.3 is 0 Å². The van der Waals surface area contributed by atoms with Gasteiger partial charge >= 0.3 is 0 Å². The number of rotatable bonds is 3. The van der Waals surface area contributed by atoms with Crippen LogP contribution in [0.1, 0.15) is 30.8 Å². The molecule has 1 rings (SSSR count). The molecule has 2 heteroatoms. The van der Waals surface area contributed by atoms with Gasteiger partial charge in [0.1, 0.15) is 5.69 Å². The monoisotopic (exact) mass is 163 g/mol. The number of Topliss-reactive ketones (excluding diaryl/α,β-unsaturated/α-hetero) is 1. The van der Waals surface area contributed by atoms with Crippen LogP contribution >= 0.6 is 0 Å². The van der Waals surface area contributed by atoms with E-state index in [1.165, 1.54) is 0 Å². The molecule has 2 nitrogen and oxygen atoms in total. The molecule has 0 radical (unpaired) electrons. The van der Waals surface area contributed by atoms with E-state index in [1.807, 2.05) is 26.0 Å². The van der Waals surface area contributed by atoms with Crippen molar-refractivity contribution in [3.8, 4) is 0 Å². The molecule has 0 amide bonds. The molecule has 0 N–H and O–H groups in total. The lowest BCUT2D eigenvalue weighted by atomic mass is 10.0. The second-order valence-corrected chi connectivity index (χ2v) is 2.89. The van der Waals surface area contributed by atoms with Crippen molar-refractivity contribution in [2.24, 2.45) is 5.92 Å². The van der Waals surface area contributed by atoms with Crippen molar-refractivity contribution < 1.29 is 4.79 Å². The van der Waals surface area contributed by atoms with E-state index in [1.54, 1.807) is 12.3 Å². The Bertz CT molecular complexity index is 256. The van der Waals surface area contributed by atoms with Crippen molar-refractivity contribution in [1.82, 2.24) is 4.98 Å². The van der Waals surface area contributed by atoms with Crippen LogP contribution in [-0.4, -0.2) is 10.8 Å². The van der Waals surface area contributed by atoms with Gasteiger partial charge in [-0.1, -0.05) is 19.9 Å². The summed E-state index contributed by atoms with van der Waals surface area (Å²) < 4.78 is 0. The van der Waals surface area contributed by atoms with E-state index >= 15 is 0 Å². The number of carbonyl (C=O) groups is 1. The lowest BCUT2D eigenvalue weighted by Gasteiger charge is -2.05. The fourth-order valence-corrected chi connectivity index (χ4v) is 0.946. The van der Waals surface area contributed by atoms with Gasteiger partial charge in [0.15, 0.2) is 5.78 Å². The van der Waals surface area contributed by atoms with Crippen LogP contribution in [-0.2, 0) is 0 Å². The summed E-state index contributed by atoms with van der Waals surface area (Å²) in [5.74, 6) is 0.220. The second-order valence-electron chi connectivity index (χ2n) is 2.89. The number of aromatic nitrogens is 1. The summed E-state index contributed by atoms with van der Waals surface area (Å²) in [6.07, 6.45) is 2.52. The Morgan fingerprint density at radius 2 is 2.33 bits per heavy atom. The third kappa shape index (κ3) is 1.91. The van der Waals surface area contributed by atoms with Crippen LogP contribution in [0.2, 0.25) is 0 Å². The van der Waals surface area contributed by atoms with E-state index in [-0.39, 0.29) is 11.7 Å². The lowest BCUT2D eigenvalue weighted by Crippen LogP contribution is -2.11. The van der Waals surface area contributed by atoms with Crippen LogP contribution in [0.4, 0.5) is 0 Å². The quantitative estimate of drug-likeness (QED) is 0.640. The Morgan fingerprint density at radius 1 is 1.58 bits per heavy atom. The Hall–Kier alpha value is -1.18. The molecule has 0 spiro atoms. The van der Waals surface area contributed by atoms with Crippen molar-refractivity contribution in [1.29, 1.82) is 0 Å². The van der Waals surface area contributed by atoms with Crippen LogP contribution in [0, 0.1) is 5.92 Å². The normalized spacial score (nSPS) is 12.5. The fourth-order valence-electron chi connectivity index (χ4n) is 0.946. The van der Waals surface area contributed by atoms with Gasteiger partial charge in [-0.3, -0.25) is 9.78 Å². The van der Waals surface area contributed by atoms with Gasteiger partial charge in [-0.2, -0.15) is 0 Å². The molecular formula is C10H13NO. The predicted molar refractivity (Wildman–Crippen MR) is 48.0 cm³/mol. The topological polar surface area (TPSA) is 30.0 Å². The molecule has 0 aliphatic heterocycles. The number of hydrogen-bond acceptors (Lipinski definition) is 2. The van der Waals surface area contributed by atoms with Crippen molar-refractivity contribution in [2.75, 3.05) is 0 Å². The van der Waals surface area contributed by atoms with Gasteiger partial charge in [0.25, 0.3) is 0 Å². The van der Waals surface area contributed by atoms with Crippen molar-refractivity contribution >= 4 is 5.78 Å². The first-order chi connectivity index (χ1) is 5.75. The van der Waals surface area contributed by atoms with Crippen molar-refractivity contribution in [3.63, 3.8) is 0 Å². The minimum atomic E-state index is 0.0832. The number of nitrogens with zero attached hydrogens (tertiary/aromatic N) is 1. The standard InChI is InChI=1S/C10H13NO/c1-3-8(2)10(12)9-6-4-5-7-11-9/h4-8H,3H2,1-2H3/t8-/m0/s1. The zero-order valence-corrected chi connectivity index (χ0v) is 7.45. The number of ketones is 1. The van der Waals surface area contributed by atoms with Crippen LogP contribution in [0.15, 0.2) is 24.4 Å². The van der Waals surface area contributed by atoms with Gasteiger partial charge in [0, 0.05) is 12.1 Å². The smallest absolute Gasteiger partial charge is 0.183 e. The third-order valence-corrected chi connectivity index (χ3v) is 1.98. The third-order valence-electron chi connectivity index (χ3n) is 1.98. The van der Waals surface area contributed by atoms with Gasteiger partial charge in [-0.15, -0.1) is 0 Å². The molecule has 0 aromatic carbocycles. The maximum absolute atomic E-state index is 11.5. The number of pyridine rings is 1. The first-order valence-corrected chi connectivity index (χ1v) is 4.21. The molecule has 0 fully saturated rings. The summed E-state index contributed by atoms with van der Waals surface area (Å²) >= 11 is 0. The molecule has 0 saturated heterocycles. The molecule has 1 atom stereocenters. The molecule has 0 aliphatic rings. The maximum atomic E-state index is 11.5. The molecule has 1 heterocycles. The molecule has 64 valence electrons. The molecular weight excluding hydrogens is 150 g/mol. The molecule has 12 heavy (non-hydrogen) atoms. The molecule has 0 saturated carbocycles. The van der Waals surface area contributed by atoms with Gasteiger partial charge in [0.05, 0.1) is 0 Å². The van der Waals surface area contributed by atoms with E-state index < -0.39 is 0 Å².